The molecule has 0 rings (SSSR count). The van der Waals surface area contributed by atoms with Crippen molar-refractivity contribution in [1.29, 1.82) is 0 Å². The summed E-state index contributed by atoms with van der Waals surface area (Å²) in [5, 5.41) is 0. The maximum absolute atomic E-state index is 12.9. The number of allylic oxidation sites excluding steroid dienone is 6. The van der Waals surface area contributed by atoms with Crippen LogP contribution in [0.2, 0.25) is 0 Å². The van der Waals surface area contributed by atoms with Crippen molar-refractivity contribution in [2.45, 2.75) is 374 Å². The molecule has 0 heterocycles. The fraction of sp³-hybridized carbons (Fsp3) is 0.870. The summed E-state index contributed by atoms with van der Waals surface area (Å²) in [5.41, 5.74) is 0. The Morgan fingerprint density at radius 1 is 0.267 bits per heavy atom. The molecule has 0 aliphatic heterocycles. The average Bonchev–Trinajstić information content (AvgIpc) is 3.41. The van der Waals surface area contributed by atoms with Crippen molar-refractivity contribution in [3.8, 4) is 0 Å². The molecule has 0 aliphatic rings. The molecule has 0 aliphatic carbocycles. The summed E-state index contributed by atoms with van der Waals surface area (Å²) in [6.45, 7) is 6.68. The molecule has 0 radical (unpaired) electrons. The number of ether oxygens (including phenoxy) is 3. The van der Waals surface area contributed by atoms with E-state index in [0.717, 1.165) is 70.6 Å². The van der Waals surface area contributed by atoms with E-state index in [-0.39, 0.29) is 31.1 Å². The number of hydrogen-bond acceptors (Lipinski definition) is 6. The Kier molecular flexibility index (Phi) is 62.1. The zero-order valence-electron chi connectivity index (χ0n) is 50.6. The van der Waals surface area contributed by atoms with Gasteiger partial charge in [0.1, 0.15) is 13.2 Å². The molecular formula is C69H128O6. The van der Waals surface area contributed by atoms with Gasteiger partial charge >= 0.3 is 17.9 Å². The van der Waals surface area contributed by atoms with Crippen LogP contribution < -0.4 is 0 Å². The van der Waals surface area contributed by atoms with Gasteiger partial charge in [0, 0.05) is 19.3 Å². The molecule has 0 aromatic heterocycles. The highest BCUT2D eigenvalue weighted by atomic mass is 16.6. The van der Waals surface area contributed by atoms with Crippen LogP contribution in [0, 0.1) is 0 Å². The molecular weight excluding hydrogens is 925 g/mol. The van der Waals surface area contributed by atoms with Gasteiger partial charge in [-0.05, 0) is 57.8 Å². The number of carbonyl (C=O) groups excluding carboxylic acids is 3. The summed E-state index contributed by atoms with van der Waals surface area (Å²) in [5.74, 6) is -0.848. The maximum Gasteiger partial charge on any atom is 0.306 e. The highest BCUT2D eigenvalue weighted by Gasteiger charge is 2.19. The lowest BCUT2D eigenvalue weighted by molar-refractivity contribution is -0.167. The lowest BCUT2D eigenvalue weighted by Gasteiger charge is -2.18. The Labute approximate surface area is 467 Å². The Bertz CT molecular complexity index is 1250. The maximum atomic E-state index is 12.9. The third-order valence-electron chi connectivity index (χ3n) is 15.1. The van der Waals surface area contributed by atoms with Crippen molar-refractivity contribution in [3.05, 3.63) is 36.5 Å². The molecule has 440 valence electrons. The molecule has 0 amide bonds. The Hall–Kier alpha value is -2.37. The minimum Gasteiger partial charge on any atom is -0.462 e. The van der Waals surface area contributed by atoms with E-state index in [9.17, 15) is 14.4 Å². The molecule has 1 unspecified atom stereocenters. The predicted octanol–water partition coefficient (Wildman–Crippen LogP) is 22.8. The first-order chi connectivity index (χ1) is 37.0. The van der Waals surface area contributed by atoms with Crippen LogP contribution >= 0.6 is 0 Å². The minimum absolute atomic E-state index is 0.0678. The normalized spacial score (nSPS) is 12.2. The van der Waals surface area contributed by atoms with Crippen LogP contribution in [0.5, 0.6) is 0 Å². The van der Waals surface area contributed by atoms with E-state index in [2.05, 4.69) is 57.2 Å². The van der Waals surface area contributed by atoms with Gasteiger partial charge in [-0.25, -0.2) is 0 Å². The van der Waals surface area contributed by atoms with Crippen molar-refractivity contribution < 1.29 is 28.6 Å². The molecule has 0 N–H and O–H groups in total. The SMILES string of the molecule is CCCCCCC/C=C\C/C=C\C/C=C\CCCCCCCCCCCCC(=O)OCC(COC(=O)CCCCCCCCCCCC)OC(=O)CCCCCCCCCCCCCCCCCCCCCCCC. The van der Waals surface area contributed by atoms with Gasteiger partial charge in [0.05, 0.1) is 0 Å². The minimum atomic E-state index is -0.770. The lowest BCUT2D eigenvalue weighted by atomic mass is 10.0. The van der Waals surface area contributed by atoms with Gasteiger partial charge in [-0.2, -0.15) is 0 Å². The standard InChI is InChI=1S/C69H128O6/c1-4-7-10-13-16-19-22-24-26-28-30-32-34-35-36-38-39-41-43-45-47-50-53-56-59-62-68(71)74-65-66(64-73-67(70)61-58-55-52-49-21-18-15-12-9-6-3)75-69(72)63-60-57-54-51-48-46-44-42-40-37-33-31-29-27-25-23-20-17-14-11-8-5-2/h22,24,28,30,34-35,66H,4-21,23,25-27,29,31-33,36-65H2,1-3H3/b24-22-,30-28-,35-34-. The Morgan fingerprint density at radius 3 is 0.747 bits per heavy atom. The first-order valence-electron chi connectivity index (χ1n) is 33.5. The molecule has 6 heteroatoms. The van der Waals surface area contributed by atoms with Crippen molar-refractivity contribution in [2.75, 3.05) is 13.2 Å². The number of carbonyl (C=O) groups is 3. The number of hydrogen-bond donors (Lipinski definition) is 0. The van der Waals surface area contributed by atoms with Gasteiger partial charge < -0.3 is 14.2 Å². The molecule has 0 fully saturated rings. The second-order valence-electron chi connectivity index (χ2n) is 22.7. The van der Waals surface area contributed by atoms with E-state index in [4.69, 9.17) is 14.2 Å². The van der Waals surface area contributed by atoms with Crippen LogP contribution in [0.1, 0.15) is 367 Å². The third-order valence-corrected chi connectivity index (χ3v) is 15.1. The fourth-order valence-electron chi connectivity index (χ4n) is 10.1. The number of rotatable bonds is 62. The highest BCUT2D eigenvalue weighted by Crippen LogP contribution is 2.18. The van der Waals surface area contributed by atoms with Crippen LogP contribution in [-0.4, -0.2) is 37.2 Å². The fourth-order valence-corrected chi connectivity index (χ4v) is 10.1. The third kappa shape index (κ3) is 62.4. The van der Waals surface area contributed by atoms with E-state index in [1.165, 1.54) is 257 Å². The monoisotopic (exact) mass is 1050 g/mol. The van der Waals surface area contributed by atoms with Gasteiger partial charge in [-0.1, -0.05) is 327 Å². The van der Waals surface area contributed by atoms with E-state index < -0.39 is 6.10 Å². The van der Waals surface area contributed by atoms with Gasteiger partial charge in [-0.15, -0.1) is 0 Å². The Balaban J connectivity index is 4.19. The molecule has 0 aromatic rings. The first-order valence-corrected chi connectivity index (χ1v) is 33.5. The van der Waals surface area contributed by atoms with Crippen molar-refractivity contribution >= 4 is 17.9 Å². The molecule has 75 heavy (non-hydrogen) atoms. The van der Waals surface area contributed by atoms with Crippen LogP contribution in [0.4, 0.5) is 0 Å². The largest absolute Gasteiger partial charge is 0.462 e. The number of esters is 3. The van der Waals surface area contributed by atoms with E-state index in [0.29, 0.717) is 19.3 Å². The summed E-state index contributed by atoms with van der Waals surface area (Å²) >= 11 is 0. The predicted molar refractivity (Wildman–Crippen MR) is 326 cm³/mol. The highest BCUT2D eigenvalue weighted by molar-refractivity contribution is 5.71. The number of unbranched alkanes of at least 4 members (excludes halogenated alkanes) is 45. The van der Waals surface area contributed by atoms with Crippen molar-refractivity contribution in [1.82, 2.24) is 0 Å². The lowest BCUT2D eigenvalue weighted by Crippen LogP contribution is -2.30. The molecule has 0 bridgehead atoms. The van der Waals surface area contributed by atoms with Crippen molar-refractivity contribution in [2.24, 2.45) is 0 Å². The topological polar surface area (TPSA) is 78.9 Å². The van der Waals surface area contributed by atoms with Crippen molar-refractivity contribution in [3.63, 3.8) is 0 Å². The van der Waals surface area contributed by atoms with E-state index in [1.807, 2.05) is 0 Å². The summed E-state index contributed by atoms with van der Waals surface area (Å²) in [6.07, 6.45) is 78.8. The van der Waals surface area contributed by atoms with Crippen LogP contribution in [-0.2, 0) is 28.6 Å². The quantitative estimate of drug-likeness (QED) is 0.0261. The summed E-state index contributed by atoms with van der Waals surface area (Å²) in [7, 11) is 0. The van der Waals surface area contributed by atoms with E-state index in [1.54, 1.807) is 0 Å². The van der Waals surface area contributed by atoms with Gasteiger partial charge in [-0.3, -0.25) is 14.4 Å². The van der Waals surface area contributed by atoms with Crippen LogP contribution in [0.25, 0.3) is 0 Å². The average molecular weight is 1050 g/mol. The summed E-state index contributed by atoms with van der Waals surface area (Å²) in [4.78, 5) is 38.3. The zero-order chi connectivity index (χ0) is 54.3. The molecule has 0 spiro atoms. The van der Waals surface area contributed by atoms with Gasteiger partial charge in [0.15, 0.2) is 6.10 Å². The first kappa shape index (κ1) is 72.6. The molecule has 0 saturated heterocycles. The molecule has 0 aromatic carbocycles. The molecule has 6 nitrogen and oxygen atoms in total. The molecule has 1 atom stereocenters. The second kappa shape index (κ2) is 64.2. The second-order valence-corrected chi connectivity index (χ2v) is 22.7. The van der Waals surface area contributed by atoms with Gasteiger partial charge in [0.2, 0.25) is 0 Å². The van der Waals surface area contributed by atoms with Crippen LogP contribution in [0.3, 0.4) is 0 Å². The zero-order valence-corrected chi connectivity index (χ0v) is 50.6. The molecule has 0 saturated carbocycles. The van der Waals surface area contributed by atoms with Gasteiger partial charge in [0.25, 0.3) is 0 Å². The van der Waals surface area contributed by atoms with E-state index >= 15 is 0 Å². The smallest absolute Gasteiger partial charge is 0.306 e. The van der Waals surface area contributed by atoms with Crippen LogP contribution in [0.15, 0.2) is 36.5 Å². The Morgan fingerprint density at radius 2 is 0.480 bits per heavy atom. The summed E-state index contributed by atoms with van der Waals surface area (Å²) in [6, 6.07) is 0. The summed E-state index contributed by atoms with van der Waals surface area (Å²) < 4.78 is 16.9.